The minimum Gasteiger partial charge on any atom is -0.253 e. The van der Waals surface area contributed by atoms with Crippen LogP contribution in [-0.2, 0) is 16.6 Å². The van der Waals surface area contributed by atoms with Gasteiger partial charge in [-0.1, -0.05) is 47.1 Å². The molecule has 2 heterocycles. The highest BCUT2D eigenvalue weighted by Crippen LogP contribution is 2.46. The Bertz CT molecular complexity index is 1290. The Morgan fingerprint density at radius 2 is 1.71 bits per heavy atom. The van der Waals surface area contributed by atoms with Crippen molar-refractivity contribution in [1.82, 2.24) is 30.6 Å². The topological polar surface area (TPSA) is 101 Å². The standard InChI is InChI=1S/C25H29ClN6O2S/c26-19-9-11-20(12-10-19)35(33,34)30-25-21-14-18(8-13-22(21)27-29-25)23-24(17-6-7-17)32(31-28-23)15-16-4-2-1-3-5-16/h1-5,9-12,17-18,21-22,25,27,29-30H,6-8,13-15H2. The lowest BCUT2D eigenvalue weighted by atomic mass is 9.76. The average molecular weight is 513 g/mol. The molecule has 3 aromatic rings. The van der Waals surface area contributed by atoms with E-state index in [0.717, 1.165) is 31.5 Å². The number of sulfonamides is 1. The number of nitrogens with one attached hydrogen (secondary N) is 3. The van der Waals surface area contributed by atoms with Crippen molar-refractivity contribution >= 4 is 21.6 Å². The number of fused-ring (bicyclic) bond motifs is 1. The highest BCUT2D eigenvalue weighted by molar-refractivity contribution is 7.89. The van der Waals surface area contributed by atoms with Crippen molar-refractivity contribution in [2.75, 3.05) is 0 Å². The molecule has 3 aliphatic rings. The molecule has 3 N–H and O–H groups in total. The number of nitrogens with zero attached hydrogens (tertiary/aromatic N) is 3. The SMILES string of the molecule is O=S(=O)(NC1NNC2CCC(c3nnn(Cc4ccccc4)c3C3CC3)CC21)c1ccc(Cl)cc1. The summed E-state index contributed by atoms with van der Waals surface area (Å²) in [6.07, 6.45) is 4.78. The predicted molar refractivity (Wildman–Crippen MR) is 133 cm³/mol. The molecular weight excluding hydrogens is 484 g/mol. The zero-order valence-electron chi connectivity index (χ0n) is 19.3. The number of halogens is 1. The largest absolute Gasteiger partial charge is 0.253 e. The van der Waals surface area contributed by atoms with Gasteiger partial charge in [0.05, 0.1) is 29.0 Å². The van der Waals surface area contributed by atoms with Crippen molar-refractivity contribution < 1.29 is 8.42 Å². The first kappa shape index (κ1) is 23.1. The van der Waals surface area contributed by atoms with Crippen LogP contribution in [0.2, 0.25) is 5.02 Å². The van der Waals surface area contributed by atoms with E-state index in [0.29, 0.717) is 10.9 Å². The van der Waals surface area contributed by atoms with Crippen molar-refractivity contribution in [2.24, 2.45) is 5.92 Å². The van der Waals surface area contributed by atoms with Gasteiger partial charge in [0.15, 0.2) is 0 Å². The molecule has 4 unspecified atom stereocenters. The van der Waals surface area contributed by atoms with Crippen LogP contribution in [0.25, 0.3) is 0 Å². The third-order valence-electron chi connectivity index (χ3n) is 7.48. The van der Waals surface area contributed by atoms with E-state index in [1.165, 1.54) is 36.2 Å². The monoisotopic (exact) mass is 512 g/mol. The van der Waals surface area contributed by atoms with E-state index < -0.39 is 16.2 Å². The molecule has 0 spiro atoms. The summed E-state index contributed by atoms with van der Waals surface area (Å²) >= 11 is 5.93. The molecule has 0 amide bonds. The van der Waals surface area contributed by atoms with Crippen LogP contribution in [0.15, 0.2) is 59.5 Å². The fourth-order valence-corrected chi connectivity index (χ4v) is 6.87. The summed E-state index contributed by atoms with van der Waals surface area (Å²) in [6.45, 7) is 0.727. The lowest BCUT2D eigenvalue weighted by molar-refractivity contribution is 0.268. The fourth-order valence-electron chi connectivity index (χ4n) is 5.55. The first-order chi connectivity index (χ1) is 17.0. The number of rotatable bonds is 7. The predicted octanol–water partition coefficient (Wildman–Crippen LogP) is 3.52. The van der Waals surface area contributed by atoms with Crippen molar-refractivity contribution in [3.05, 3.63) is 76.6 Å². The van der Waals surface area contributed by atoms with E-state index in [-0.39, 0.29) is 22.8 Å². The van der Waals surface area contributed by atoms with Crippen LogP contribution < -0.4 is 15.6 Å². The average Bonchev–Trinajstić information content (AvgIpc) is 3.50. The maximum absolute atomic E-state index is 13.0. The Labute approximate surface area is 210 Å². The second-order valence-electron chi connectivity index (χ2n) is 9.90. The van der Waals surface area contributed by atoms with Gasteiger partial charge in [-0.3, -0.25) is 5.43 Å². The van der Waals surface area contributed by atoms with Crippen LogP contribution in [0.3, 0.4) is 0 Å². The first-order valence-electron chi connectivity index (χ1n) is 12.2. The van der Waals surface area contributed by atoms with Crippen LogP contribution in [0.4, 0.5) is 0 Å². The van der Waals surface area contributed by atoms with Crippen LogP contribution in [0.1, 0.15) is 60.9 Å². The number of hydrogen-bond donors (Lipinski definition) is 3. The normalized spacial score (nSPS) is 26.5. The van der Waals surface area contributed by atoms with Crippen LogP contribution >= 0.6 is 11.6 Å². The minimum atomic E-state index is -3.68. The third-order valence-corrected chi connectivity index (χ3v) is 9.19. The van der Waals surface area contributed by atoms with Crippen molar-refractivity contribution in [2.45, 2.75) is 67.6 Å². The summed E-state index contributed by atoms with van der Waals surface area (Å²) < 4.78 is 31.0. The molecule has 1 aromatic heterocycles. The van der Waals surface area contributed by atoms with Crippen molar-refractivity contribution in [3.8, 4) is 0 Å². The summed E-state index contributed by atoms with van der Waals surface area (Å²) in [5.41, 5.74) is 10.1. The van der Waals surface area contributed by atoms with E-state index in [1.54, 1.807) is 12.1 Å². The van der Waals surface area contributed by atoms with Gasteiger partial charge >= 0.3 is 0 Å². The maximum atomic E-state index is 13.0. The smallest absolute Gasteiger partial charge is 0.241 e. The summed E-state index contributed by atoms with van der Waals surface area (Å²) in [7, 11) is -3.68. The Morgan fingerprint density at radius 3 is 2.46 bits per heavy atom. The highest BCUT2D eigenvalue weighted by atomic mass is 35.5. The molecule has 2 aliphatic carbocycles. The van der Waals surface area contributed by atoms with Gasteiger partial charge in [0.1, 0.15) is 0 Å². The quantitative estimate of drug-likeness (QED) is 0.448. The Balaban J connectivity index is 1.21. The summed E-state index contributed by atoms with van der Waals surface area (Å²) in [5.74, 6) is 0.906. The van der Waals surface area contributed by atoms with E-state index in [2.05, 4.69) is 54.8 Å². The van der Waals surface area contributed by atoms with E-state index >= 15 is 0 Å². The van der Waals surface area contributed by atoms with Gasteiger partial charge in [-0.25, -0.2) is 18.5 Å². The molecule has 0 bridgehead atoms. The van der Waals surface area contributed by atoms with Gasteiger partial charge in [0, 0.05) is 28.8 Å². The van der Waals surface area contributed by atoms with E-state index in [9.17, 15) is 8.42 Å². The molecule has 4 atom stereocenters. The van der Waals surface area contributed by atoms with Crippen LogP contribution in [0, 0.1) is 5.92 Å². The maximum Gasteiger partial charge on any atom is 0.241 e. The zero-order valence-corrected chi connectivity index (χ0v) is 20.8. The highest BCUT2D eigenvalue weighted by Gasteiger charge is 2.44. The third kappa shape index (κ3) is 4.75. The number of hydrazine groups is 1. The minimum absolute atomic E-state index is 0.113. The molecule has 10 heteroatoms. The fraction of sp³-hybridized carbons (Fsp3) is 0.440. The van der Waals surface area contributed by atoms with E-state index in [4.69, 9.17) is 11.6 Å². The number of aromatic nitrogens is 3. The Kier molecular flexibility index (Phi) is 6.14. The molecule has 2 aromatic carbocycles. The van der Waals surface area contributed by atoms with Crippen LogP contribution in [-0.4, -0.2) is 35.6 Å². The summed E-state index contributed by atoms with van der Waals surface area (Å²) in [4.78, 5) is 0.208. The molecule has 1 aliphatic heterocycles. The van der Waals surface area contributed by atoms with Gasteiger partial charge in [0.25, 0.3) is 0 Å². The molecule has 6 rings (SSSR count). The summed E-state index contributed by atoms with van der Waals surface area (Å²) in [6, 6.07) is 16.8. The lowest BCUT2D eigenvalue weighted by Crippen LogP contribution is -2.47. The molecule has 35 heavy (non-hydrogen) atoms. The molecule has 3 fully saturated rings. The molecule has 8 nitrogen and oxygen atoms in total. The van der Waals surface area contributed by atoms with Crippen molar-refractivity contribution in [1.29, 1.82) is 0 Å². The van der Waals surface area contributed by atoms with Gasteiger partial charge in [-0.2, -0.15) is 4.72 Å². The second kappa shape index (κ2) is 9.29. The van der Waals surface area contributed by atoms with Gasteiger partial charge in [-0.15, -0.1) is 5.10 Å². The van der Waals surface area contributed by atoms with Gasteiger partial charge in [-0.05, 0) is 61.9 Å². The van der Waals surface area contributed by atoms with E-state index in [1.807, 2.05) is 6.07 Å². The summed E-state index contributed by atoms with van der Waals surface area (Å²) in [5, 5.41) is 9.77. The van der Waals surface area contributed by atoms with Crippen LogP contribution in [0.5, 0.6) is 0 Å². The first-order valence-corrected chi connectivity index (χ1v) is 14.1. The molecule has 2 saturated carbocycles. The molecule has 1 saturated heterocycles. The Hall–Kier alpha value is -2.30. The Morgan fingerprint density at radius 1 is 0.971 bits per heavy atom. The zero-order chi connectivity index (χ0) is 24.0. The van der Waals surface area contributed by atoms with Gasteiger partial charge in [0.2, 0.25) is 10.0 Å². The molecular formula is C25H29ClN6O2S. The van der Waals surface area contributed by atoms with Crippen molar-refractivity contribution in [3.63, 3.8) is 0 Å². The lowest BCUT2D eigenvalue weighted by Gasteiger charge is -2.32. The molecule has 0 radical (unpaired) electrons. The number of benzene rings is 2. The second-order valence-corrected chi connectivity index (χ2v) is 12.0. The molecule has 184 valence electrons. The van der Waals surface area contributed by atoms with Gasteiger partial charge < -0.3 is 0 Å². The number of hydrogen-bond acceptors (Lipinski definition) is 6.